The van der Waals surface area contributed by atoms with Crippen molar-refractivity contribution in [3.8, 4) is 0 Å². The highest BCUT2D eigenvalue weighted by atomic mass is 32.1. The summed E-state index contributed by atoms with van der Waals surface area (Å²) in [5.41, 5.74) is 5.37. The molecule has 0 radical (unpaired) electrons. The van der Waals surface area contributed by atoms with Crippen LogP contribution < -0.4 is 10.6 Å². The minimum atomic E-state index is -1.03. The maximum Gasteiger partial charge on any atom is 0.182 e. The van der Waals surface area contributed by atoms with Crippen LogP contribution >= 0.6 is 12.2 Å². The fourth-order valence-electron chi connectivity index (χ4n) is 2.24. The topological polar surface area (TPSA) is 49.5 Å². The van der Waals surface area contributed by atoms with Crippen LogP contribution in [0.4, 0.5) is 14.5 Å². The quantitative estimate of drug-likeness (QED) is 0.814. The average Bonchev–Trinajstić information content (AvgIpc) is 2.36. The van der Waals surface area contributed by atoms with E-state index in [9.17, 15) is 13.9 Å². The first-order chi connectivity index (χ1) is 8.91. The van der Waals surface area contributed by atoms with Gasteiger partial charge in [-0.05, 0) is 24.5 Å². The van der Waals surface area contributed by atoms with Crippen LogP contribution in [0.2, 0.25) is 0 Å². The number of piperidine rings is 1. The summed E-state index contributed by atoms with van der Waals surface area (Å²) in [7, 11) is 0. The highest BCUT2D eigenvalue weighted by Crippen LogP contribution is 2.28. The van der Waals surface area contributed by atoms with Crippen molar-refractivity contribution in [2.45, 2.75) is 19.4 Å². The second-order valence-electron chi connectivity index (χ2n) is 4.90. The zero-order chi connectivity index (χ0) is 14.2. The van der Waals surface area contributed by atoms with E-state index in [0.717, 1.165) is 6.42 Å². The van der Waals surface area contributed by atoms with Crippen LogP contribution in [0.25, 0.3) is 0 Å². The molecule has 2 unspecified atom stereocenters. The first-order valence-corrected chi connectivity index (χ1v) is 6.53. The summed E-state index contributed by atoms with van der Waals surface area (Å²) in [5, 5.41) is 9.81. The molecular weight excluding hydrogens is 270 g/mol. The Labute approximate surface area is 116 Å². The van der Waals surface area contributed by atoms with Crippen molar-refractivity contribution in [2.24, 2.45) is 11.7 Å². The Kier molecular flexibility index (Phi) is 4.01. The van der Waals surface area contributed by atoms with Crippen molar-refractivity contribution in [2.75, 3.05) is 18.0 Å². The van der Waals surface area contributed by atoms with Crippen molar-refractivity contribution in [3.05, 3.63) is 29.3 Å². The van der Waals surface area contributed by atoms with E-state index in [1.807, 2.05) is 6.92 Å². The second kappa shape index (κ2) is 5.38. The van der Waals surface area contributed by atoms with E-state index in [0.29, 0.717) is 13.1 Å². The summed E-state index contributed by atoms with van der Waals surface area (Å²) in [6.07, 6.45) is 0.200. The molecule has 0 spiro atoms. The lowest BCUT2D eigenvalue weighted by Gasteiger charge is -2.36. The minimum Gasteiger partial charge on any atom is -0.391 e. The highest BCUT2D eigenvalue weighted by Gasteiger charge is 2.27. The molecule has 2 atom stereocenters. The van der Waals surface area contributed by atoms with E-state index in [1.165, 1.54) is 12.1 Å². The van der Waals surface area contributed by atoms with Crippen LogP contribution in [-0.4, -0.2) is 29.3 Å². The number of nitrogens with zero attached hydrogens (tertiary/aromatic N) is 1. The summed E-state index contributed by atoms with van der Waals surface area (Å²) < 4.78 is 27.8. The number of aliphatic hydroxyl groups excluding tert-OH is 1. The van der Waals surface area contributed by atoms with Crippen LogP contribution in [0, 0.1) is 17.6 Å². The van der Waals surface area contributed by atoms with Crippen molar-refractivity contribution < 1.29 is 13.9 Å². The maximum atomic E-state index is 14.0. The summed E-state index contributed by atoms with van der Waals surface area (Å²) in [6.45, 7) is 2.82. The molecule has 1 aliphatic heterocycles. The van der Waals surface area contributed by atoms with Gasteiger partial charge in [-0.1, -0.05) is 19.1 Å². The highest BCUT2D eigenvalue weighted by molar-refractivity contribution is 7.80. The lowest BCUT2D eigenvalue weighted by molar-refractivity contribution is 0.102. The van der Waals surface area contributed by atoms with E-state index in [1.54, 1.807) is 4.90 Å². The maximum absolute atomic E-state index is 14.0. The molecule has 1 aliphatic rings. The predicted molar refractivity (Wildman–Crippen MR) is 74.2 cm³/mol. The zero-order valence-electron chi connectivity index (χ0n) is 10.6. The fourth-order valence-corrected chi connectivity index (χ4v) is 2.40. The molecule has 3 N–H and O–H groups in total. The van der Waals surface area contributed by atoms with Crippen LogP contribution in [0.1, 0.15) is 18.9 Å². The van der Waals surface area contributed by atoms with Gasteiger partial charge in [-0.15, -0.1) is 0 Å². The molecule has 6 heteroatoms. The molecule has 0 amide bonds. The van der Waals surface area contributed by atoms with Gasteiger partial charge in [-0.25, -0.2) is 8.78 Å². The number of hydrogen-bond donors (Lipinski definition) is 2. The molecule has 2 rings (SSSR count). The van der Waals surface area contributed by atoms with Gasteiger partial charge in [0.15, 0.2) is 11.6 Å². The third kappa shape index (κ3) is 2.69. The van der Waals surface area contributed by atoms with Crippen LogP contribution in [0.3, 0.4) is 0 Å². The van der Waals surface area contributed by atoms with Crippen molar-refractivity contribution in [1.82, 2.24) is 0 Å². The average molecular weight is 286 g/mol. The van der Waals surface area contributed by atoms with Gasteiger partial charge in [0, 0.05) is 18.7 Å². The second-order valence-corrected chi connectivity index (χ2v) is 5.34. The van der Waals surface area contributed by atoms with E-state index in [-0.39, 0.29) is 22.2 Å². The molecule has 0 aromatic heterocycles. The van der Waals surface area contributed by atoms with Crippen molar-refractivity contribution in [1.29, 1.82) is 0 Å². The van der Waals surface area contributed by atoms with E-state index in [2.05, 4.69) is 12.2 Å². The van der Waals surface area contributed by atoms with Gasteiger partial charge in [-0.2, -0.15) is 0 Å². The largest absolute Gasteiger partial charge is 0.391 e. The van der Waals surface area contributed by atoms with Gasteiger partial charge < -0.3 is 15.7 Å². The molecule has 1 aromatic carbocycles. The van der Waals surface area contributed by atoms with Crippen LogP contribution in [0.15, 0.2) is 12.1 Å². The van der Waals surface area contributed by atoms with Crippen LogP contribution in [0.5, 0.6) is 0 Å². The molecule has 0 aliphatic carbocycles. The number of anilines is 1. The molecule has 19 heavy (non-hydrogen) atoms. The predicted octanol–water partition coefficient (Wildman–Crippen LogP) is 1.81. The lowest BCUT2D eigenvalue weighted by Crippen LogP contribution is -2.43. The zero-order valence-corrected chi connectivity index (χ0v) is 11.4. The van der Waals surface area contributed by atoms with Gasteiger partial charge >= 0.3 is 0 Å². The molecule has 1 fully saturated rings. The summed E-state index contributed by atoms with van der Waals surface area (Å²) in [5.74, 6) is -1.83. The molecule has 0 saturated carbocycles. The molecule has 0 bridgehead atoms. The molecule has 1 saturated heterocycles. The van der Waals surface area contributed by atoms with Gasteiger partial charge in [-0.3, -0.25) is 0 Å². The Bertz CT molecular complexity index is 510. The third-order valence-corrected chi connectivity index (χ3v) is 3.81. The Balaban J connectivity index is 2.31. The summed E-state index contributed by atoms with van der Waals surface area (Å²) in [4.78, 5) is 1.47. The number of rotatable bonds is 2. The number of β-amino-alcohol motifs (C(OH)–C–C–N with tert-alkyl or cyclic N) is 1. The summed E-state index contributed by atoms with van der Waals surface area (Å²) in [6, 6.07) is 2.83. The number of halogens is 2. The summed E-state index contributed by atoms with van der Waals surface area (Å²) >= 11 is 4.66. The van der Waals surface area contributed by atoms with Crippen molar-refractivity contribution in [3.63, 3.8) is 0 Å². The fraction of sp³-hybridized carbons (Fsp3) is 0.462. The smallest absolute Gasteiger partial charge is 0.182 e. The molecule has 3 nitrogen and oxygen atoms in total. The Morgan fingerprint density at radius 2 is 2.11 bits per heavy atom. The van der Waals surface area contributed by atoms with Crippen LogP contribution in [-0.2, 0) is 0 Å². The Morgan fingerprint density at radius 1 is 1.42 bits per heavy atom. The first kappa shape index (κ1) is 14.1. The lowest BCUT2D eigenvalue weighted by atomic mass is 9.95. The monoisotopic (exact) mass is 286 g/mol. The van der Waals surface area contributed by atoms with E-state index >= 15 is 0 Å². The minimum absolute atomic E-state index is 0.0952. The third-order valence-electron chi connectivity index (χ3n) is 3.59. The number of thiocarbonyl (C=S) groups is 1. The van der Waals surface area contributed by atoms with Gasteiger partial charge in [0.1, 0.15) is 4.99 Å². The van der Waals surface area contributed by atoms with E-state index in [4.69, 9.17) is 5.73 Å². The molecular formula is C13H16F2N2OS. The number of nitrogens with two attached hydrogens (primary N) is 1. The van der Waals surface area contributed by atoms with Gasteiger partial charge in [0.05, 0.1) is 11.8 Å². The Morgan fingerprint density at radius 3 is 2.68 bits per heavy atom. The molecule has 104 valence electrons. The standard InChI is InChI=1S/C13H16F2N2OS/c1-7-4-5-17(6-10(7)18)9-3-2-8(13(16)19)11(14)12(9)15/h2-3,7,10,18H,4-6H2,1H3,(H2,16,19). The van der Waals surface area contributed by atoms with E-state index < -0.39 is 17.7 Å². The Hall–Kier alpha value is -1.27. The molecule has 1 aromatic rings. The van der Waals surface area contributed by atoms with Gasteiger partial charge in [0.2, 0.25) is 0 Å². The molecule has 1 heterocycles. The number of hydrogen-bond acceptors (Lipinski definition) is 3. The van der Waals surface area contributed by atoms with Crippen molar-refractivity contribution >= 4 is 22.9 Å². The first-order valence-electron chi connectivity index (χ1n) is 6.12. The SMILES string of the molecule is CC1CCN(c2ccc(C(N)=S)c(F)c2F)CC1O. The number of aliphatic hydroxyl groups is 1. The normalized spacial score (nSPS) is 23.5. The number of benzene rings is 1. The van der Waals surface area contributed by atoms with Gasteiger partial charge in [0.25, 0.3) is 0 Å².